The van der Waals surface area contributed by atoms with Crippen LogP contribution in [-0.2, 0) is 4.79 Å². The van der Waals surface area contributed by atoms with Crippen LogP contribution in [0.15, 0.2) is 0 Å². The number of hydrogen-bond donors (Lipinski definition) is 1. The van der Waals surface area contributed by atoms with Crippen LogP contribution in [0.3, 0.4) is 0 Å². The van der Waals surface area contributed by atoms with Crippen molar-refractivity contribution in [2.24, 2.45) is 0 Å². The van der Waals surface area contributed by atoms with E-state index >= 15 is 0 Å². The molecule has 0 bridgehead atoms. The maximum Gasteiger partial charge on any atom is 0.471 e. The highest BCUT2D eigenvalue weighted by Gasteiger charge is 2.51. The van der Waals surface area contributed by atoms with E-state index in [0.717, 1.165) is 11.3 Å². The highest BCUT2D eigenvalue weighted by Crippen LogP contribution is 2.36. The van der Waals surface area contributed by atoms with Crippen LogP contribution >= 0.6 is 0 Å². The van der Waals surface area contributed by atoms with E-state index < -0.39 is 17.6 Å². The summed E-state index contributed by atoms with van der Waals surface area (Å²) in [5.41, 5.74) is -0.579. The zero-order valence-electron chi connectivity index (χ0n) is 8.94. The largest absolute Gasteiger partial charge is 0.471 e. The van der Waals surface area contributed by atoms with Crippen LogP contribution in [0, 0.1) is 0 Å². The molecule has 0 aromatic carbocycles. The molecule has 2 fully saturated rings. The summed E-state index contributed by atoms with van der Waals surface area (Å²) in [4.78, 5) is 12.4. The van der Waals surface area contributed by atoms with Crippen molar-refractivity contribution in [3.8, 4) is 0 Å². The van der Waals surface area contributed by atoms with Crippen LogP contribution in [0.1, 0.15) is 25.7 Å². The third kappa shape index (κ3) is 1.90. The Kier molecular flexibility index (Phi) is 2.86. The summed E-state index contributed by atoms with van der Waals surface area (Å²) in [7, 11) is 0. The zero-order chi connectivity index (χ0) is 11.8. The van der Waals surface area contributed by atoms with Gasteiger partial charge in [-0.1, -0.05) is 0 Å². The molecule has 16 heavy (non-hydrogen) atoms. The smallest absolute Gasteiger partial charge is 0.328 e. The van der Waals surface area contributed by atoms with E-state index in [4.69, 9.17) is 0 Å². The Bertz CT molecular complexity index is 284. The van der Waals surface area contributed by atoms with Crippen molar-refractivity contribution < 1.29 is 18.0 Å². The summed E-state index contributed by atoms with van der Waals surface area (Å²) in [5.74, 6) is -1.67. The Morgan fingerprint density at radius 1 is 1.25 bits per heavy atom. The van der Waals surface area contributed by atoms with E-state index in [9.17, 15) is 18.0 Å². The lowest BCUT2D eigenvalue weighted by molar-refractivity contribution is -0.193. The van der Waals surface area contributed by atoms with E-state index in [1.54, 1.807) is 0 Å². The normalized spacial score (nSPS) is 31.1. The SMILES string of the molecule is O=C(N1CCCCC12CCNC2)C(F)(F)F. The molecule has 2 aliphatic heterocycles. The number of carbonyl (C=O) groups excluding carboxylic acids is 1. The third-order valence-corrected chi connectivity index (χ3v) is 3.56. The molecule has 2 saturated heterocycles. The molecule has 2 aliphatic rings. The molecule has 1 amide bonds. The Balaban J connectivity index is 2.20. The van der Waals surface area contributed by atoms with Crippen molar-refractivity contribution in [1.29, 1.82) is 0 Å². The second-order valence-electron chi connectivity index (χ2n) is 4.56. The van der Waals surface area contributed by atoms with Crippen LogP contribution in [-0.4, -0.2) is 42.2 Å². The highest BCUT2D eigenvalue weighted by atomic mass is 19.4. The molecule has 3 nitrogen and oxygen atoms in total. The number of halogens is 3. The topological polar surface area (TPSA) is 32.3 Å². The molecule has 0 aromatic heterocycles. The molecule has 92 valence electrons. The minimum atomic E-state index is -4.74. The molecule has 0 aliphatic carbocycles. The molecular weight excluding hydrogens is 221 g/mol. The third-order valence-electron chi connectivity index (χ3n) is 3.56. The molecule has 2 rings (SSSR count). The minimum Gasteiger partial charge on any atom is -0.328 e. The number of likely N-dealkylation sites (tertiary alicyclic amines) is 1. The van der Waals surface area contributed by atoms with Crippen LogP contribution < -0.4 is 5.32 Å². The number of carbonyl (C=O) groups is 1. The lowest BCUT2D eigenvalue weighted by atomic mass is 9.85. The fraction of sp³-hybridized carbons (Fsp3) is 0.900. The van der Waals surface area contributed by atoms with Gasteiger partial charge in [0.2, 0.25) is 0 Å². The maximum atomic E-state index is 12.5. The number of amides is 1. The number of nitrogens with zero attached hydrogens (tertiary/aromatic N) is 1. The van der Waals surface area contributed by atoms with Crippen molar-refractivity contribution in [1.82, 2.24) is 10.2 Å². The Morgan fingerprint density at radius 2 is 2.00 bits per heavy atom. The number of rotatable bonds is 0. The monoisotopic (exact) mass is 236 g/mol. The molecule has 1 atom stereocenters. The molecular formula is C10H15F3N2O. The predicted molar refractivity (Wildman–Crippen MR) is 51.8 cm³/mol. The van der Waals surface area contributed by atoms with Crippen molar-refractivity contribution in [3.63, 3.8) is 0 Å². The van der Waals surface area contributed by atoms with Gasteiger partial charge in [0.1, 0.15) is 0 Å². The van der Waals surface area contributed by atoms with Crippen molar-refractivity contribution >= 4 is 5.91 Å². The quantitative estimate of drug-likeness (QED) is 0.687. The van der Waals surface area contributed by atoms with E-state index in [2.05, 4.69) is 5.32 Å². The number of nitrogens with one attached hydrogen (secondary N) is 1. The van der Waals surface area contributed by atoms with Crippen LogP contribution in [0.5, 0.6) is 0 Å². The summed E-state index contributed by atoms with van der Waals surface area (Å²) in [6, 6.07) is 0. The van der Waals surface area contributed by atoms with Gasteiger partial charge in [-0.15, -0.1) is 0 Å². The Morgan fingerprint density at radius 3 is 2.56 bits per heavy atom. The molecule has 0 aromatic rings. The highest BCUT2D eigenvalue weighted by molar-refractivity contribution is 5.82. The summed E-state index contributed by atoms with van der Waals surface area (Å²) >= 11 is 0. The van der Waals surface area contributed by atoms with Crippen molar-refractivity contribution in [2.75, 3.05) is 19.6 Å². The van der Waals surface area contributed by atoms with Gasteiger partial charge in [-0.2, -0.15) is 13.2 Å². The second kappa shape index (κ2) is 3.91. The van der Waals surface area contributed by atoms with E-state index in [0.29, 0.717) is 32.4 Å². The summed E-state index contributed by atoms with van der Waals surface area (Å²) in [6.07, 6.45) is -1.85. The molecule has 6 heteroatoms. The van der Waals surface area contributed by atoms with E-state index in [1.165, 1.54) is 0 Å². The average Bonchev–Trinajstić information content (AvgIpc) is 2.65. The van der Waals surface area contributed by atoms with Gasteiger partial charge < -0.3 is 10.2 Å². The van der Waals surface area contributed by atoms with Gasteiger partial charge in [-0.05, 0) is 32.2 Å². The number of alkyl halides is 3. The molecule has 1 N–H and O–H groups in total. The Labute approximate surface area is 92.0 Å². The first-order chi connectivity index (χ1) is 7.46. The lowest BCUT2D eigenvalue weighted by Gasteiger charge is -2.44. The summed E-state index contributed by atoms with van der Waals surface area (Å²) in [6.45, 7) is 1.43. The zero-order valence-corrected chi connectivity index (χ0v) is 8.94. The lowest BCUT2D eigenvalue weighted by Crippen LogP contribution is -2.59. The van der Waals surface area contributed by atoms with Gasteiger partial charge in [0, 0.05) is 13.1 Å². The number of piperidine rings is 1. The second-order valence-corrected chi connectivity index (χ2v) is 4.56. The Hall–Kier alpha value is -0.780. The van der Waals surface area contributed by atoms with Crippen molar-refractivity contribution in [2.45, 2.75) is 37.4 Å². The van der Waals surface area contributed by atoms with Gasteiger partial charge in [0.05, 0.1) is 5.54 Å². The van der Waals surface area contributed by atoms with Gasteiger partial charge in [0.15, 0.2) is 0 Å². The fourth-order valence-electron chi connectivity index (χ4n) is 2.74. The minimum absolute atomic E-state index is 0.236. The summed E-state index contributed by atoms with van der Waals surface area (Å²) in [5, 5.41) is 3.06. The first kappa shape index (κ1) is 11.7. The van der Waals surface area contributed by atoms with Crippen LogP contribution in [0.4, 0.5) is 13.2 Å². The fourth-order valence-corrected chi connectivity index (χ4v) is 2.74. The summed E-state index contributed by atoms with van der Waals surface area (Å²) < 4.78 is 37.4. The van der Waals surface area contributed by atoms with Crippen LogP contribution in [0.25, 0.3) is 0 Å². The molecule has 1 spiro atoms. The van der Waals surface area contributed by atoms with E-state index in [-0.39, 0.29) is 6.54 Å². The molecule has 1 unspecified atom stereocenters. The number of hydrogen-bond acceptors (Lipinski definition) is 2. The van der Waals surface area contributed by atoms with Gasteiger partial charge in [0.25, 0.3) is 0 Å². The maximum absolute atomic E-state index is 12.5. The van der Waals surface area contributed by atoms with E-state index in [1.807, 2.05) is 0 Å². The average molecular weight is 236 g/mol. The standard InChI is InChI=1S/C10H15F3N2O/c11-10(12,13)8(16)15-6-2-1-3-9(15)4-5-14-7-9/h14H,1-7H2. The first-order valence-corrected chi connectivity index (χ1v) is 5.55. The van der Waals surface area contributed by atoms with Gasteiger partial charge >= 0.3 is 12.1 Å². The first-order valence-electron chi connectivity index (χ1n) is 5.55. The van der Waals surface area contributed by atoms with Gasteiger partial charge in [-0.25, -0.2) is 0 Å². The molecule has 0 saturated carbocycles. The molecule has 0 radical (unpaired) electrons. The predicted octanol–water partition coefficient (Wildman–Crippen LogP) is 1.29. The molecule has 2 heterocycles. The van der Waals surface area contributed by atoms with Gasteiger partial charge in [-0.3, -0.25) is 4.79 Å². The van der Waals surface area contributed by atoms with Crippen molar-refractivity contribution in [3.05, 3.63) is 0 Å². The van der Waals surface area contributed by atoms with Crippen LogP contribution in [0.2, 0.25) is 0 Å².